The van der Waals surface area contributed by atoms with E-state index in [-0.39, 0.29) is 39.6 Å². The molecule has 0 bridgehead atoms. The van der Waals surface area contributed by atoms with Crippen LogP contribution in [0.2, 0.25) is 0 Å². The van der Waals surface area contributed by atoms with Crippen LogP contribution in [0.25, 0.3) is 0 Å². The highest BCUT2D eigenvalue weighted by Gasteiger charge is 2.54. The van der Waals surface area contributed by atoms with Crippen LogP contribution in [-0.2, 0) is 87.0 Å². The third kappa shape index (κ3) is 13.5. The minimum atomic E-state index is -1.34. The van der Waals surface area contributed by atoms with E-state index >= 15 is 0 Å². The van der Waals surface area contributed by atoms with Gasteiger partial charge in [0.25, 0.3) is 0 Å². The summed E-state index contributed by atoms with van der Waals surface area (Å²) in [6.07, 6.45) is -9.20. The molecule has 2 heterocycles. The summed E-state index contributed by atoms with van der Waals surface area (Å²) in [5, 5.41) is 12.5. The number of aliphatic hydroxyl groups is 1. The van der Waals surface area contributed by atoms with Crippen LogP contribution in [0.1, 0.15) is 33.4 Å². The van der Waals surface area contributed by atoms with Crippen molar-refractivity contribution in [2.45, 2.75) is 101 Å². The van der Waals surface area contributed by atoms with E-state index in [1.807, 2.05) is 182 Å². The van der Waals surface area contributed by atoms with Crippen molar-refractivity contribution in [2.24, 2.45) is 0 Å². The lowest BCUT2D eigenvalue weighted by atomic mass is 9.96. The van der Waals surface area contributed by atoms with Crippen LogP contribution in [0.3, 0.4) is 0 Å². The first-order valence-electron chi connectivity index (χ1n) is 22.6. The van der Waals surface area contributed by atoms with Gasteiger partial charge in [-0.15, -0.1) is 0 Å². The van der Waals surface area contributed by atoms with E-state index in [0.717, 1.165) is 33.4 Å². The number of rotatable bonds is 23. The molecule has 11 nitrogen and oxygen atoms in total. The molecular formula is C55H60O11. The highest BCUT2D eigenvalue weighted by molar-refractivity contribution is 5.18. The second-order valence-corrected chi connectivity index (χ2v) is 16.5. The standard InChI is InChI=1S/C55H60O11/c1-57-55-53(52(63-37-45-30-18-7-19-31-45)50(61-35-43-26-14-5-15-27-43)47(65-55)39-59-33-41-22-10-3-11-23-41)66-54-48(56)51(62-36-44-28-16-6-17-29-44)49(60-34-42-24-12-4-13-25-42)46(64-54)38-58-32-40-20-8-2-9-21-40/h2-31,46-56H,32-39H2,1H3/t46-,47-,48+,49-,50-,51-,52+,53+,54+,55-/m1/s1. The Bertz CT molecular complexity index is 2220. The zero-order chi connectivity index (χ0) is 45.2. The first kappa shape index (κ1) is 47.4. The van der Waals surface area contributed by atoms with E-state index in [9.17, 15) is 5.11 Å². The molecule has 0 saturated carbocycles. The van der Waals surface area contributed by atoms with Gasteiger partial charge in [0, 0.05) is 7.11 Å². The molecule has 6 aromatic carbocycles. The van der Waals surface area contributed by atoms with Crippen molar-refractivity contribution in [1.29, 1.82) is 0 Å². The Balaban J connectivity index is 1.10. The van der Waals surface area contributed by atoms with Gasteiger partial charge in [-0.3, -0.25) is 0 Å². The summed E-state index contributed by atoms with van der Waals surface area (Å²) in [6.45, 7) is 1.93. The quantitative estimate of drug-likeness (QED) is 0.0668. The fourth-order valence-corrected chi connectivity index (χ4v) is 8.23. The Morgan fingerprint density at radius 3 is 1.03 bits per heavy atom. The average Bonchev–Trinajstić information content (AvgIpc) is 3.37. The molecule has 1 N–H and O–H groups in total. The molecule has 2 aliphatic rings. The molecule has 0 aromatic heterocycles. The molecule has 0 unspecified atom stereocenters. The van der Waals surface area contributed by atoms with Crippen molar-refractivity contribution < 1.29 is 52.5 Å². The summed E-state index contributed by atoms with van der Waals surface area (Å²) in [5.74, 6) is 0. The lowest BCUT2D eigenvalue weighted by Gasteiger charge is -2.49. The van der Waals surface area contributed by atoms with Crippen LogP contribution in [0, 0.1) is 0 Å². The van der Waals surface area contributed by atoms with Crippen LogP contribution in [0.15, 0.2) is 182 Å². The monoisotopic (exact) mass is 896 g/mol. The van der Waals surface area contributed by atoms with Crippen molar-refractivity contribution in [1.82, 2.24) is 0 Å². The lowest BCUT2D eigenvalue weighted by Crippen LogP contribution is -2.66. The summed E-state index contributed by atoms with van der Waals surface area (Å²) in [6, 6.07) is 59.4. The molecule has 0 spiro atoms. The second kappa shape index (κ2) is 25.1. The van der Waals surface area contributed by atoms with Crippen molar-refractivity contribution in [3.8, 4) is 0 Å². The highest BCUT2D eigenvalue weighted by atomic mass is 16.8. The maximum absolute atomic E-state index is 12.5. The van der Waals surface area contributed by atoms with E-state index in [0.29, 0.717) is 13.2 Å². The van der Waals surface area contributed by atoms with E-state index in [2.05, 4.69) is 0 Å². The van der Waals surface area contributed by atoms with Gasteiger partial charge in [0.05, 0.1) is 52.9 Å². The van der Waals surface area contributed by atoms with Crippen LogP contribution in [0.5, 0.6) is 0 Å². The summed E-state index contributed by atoms with van der Waals surface area (Å²) >= 11 is 0. The van der Waals surface area contributed by atoms with Gasteiger partial charge in [-0.05, 0) is 33.4 Å². The molecule has 2 aliphatic heterocycles. The largest absolute Gasteiger partial charge is 0.385 e. The predicted octanol–water partition coefficient (Wildman–Crippen LogP) is 8.60. The SMILES string of the molecule is CO[C@@H]1O[C@H](COCc2ccccc2)[C@@H](OCc2ccccc2)[C@H](OCc2ccccc2)[C@@H]1O[C@@H]1O[C@H](COCc2ccccc2)[C@@H](OCc2ccccc2)[C@H](OCc2ccccc2)[C@@H]1O. The smallest absolute Gasteiger partial charge is 0.187 e. The number of hydrogen-bond donors (Lipinski definition) is 1. The van der Waals surface area contributed by atoms with Crippen LogP contribution < -0.4 is 0 Å². The summed E-state index contributed by atoms with van der Waals surface area (Å²) in [5.41, 5.74) is 5.84. The minimum Gasteiger partial charge on any atom is -0.385 e. The predicted molar refractivity (Wildman–Crippen MR) is 247 cm³/mol. The Morgan fingerprint density at radius 1 is 0.364 bits per heavy atom. The first-order valence-corrected chi connectivity index (χ1v) is 22.6. The van der Waals surface area contributed by atoms with Crippen molar-refractivity contribution >= 4 is 0 Å². The van der Waals surface area contributed by atoms with Gasteiger partial charge in [0.2, 0.25) is 0 Å². The second-order valence-electron chi connectivity index (χ2n) is 16.5. The maximum atomic E-state index is 12.5. The third-order valence-corrected chi connectivity index (χ3v) is 11.7. The van der Waals surface area contributed by atoms with Gasteiger partial charge < -0.3 is 52.5 Å². The lowest BCUT2D eigenvalue weighted by molar-refractivity contribution is -0.377. The van der Waals surface area contributed by atoms with Crippen molar-refractivity contribution in [2.75, 3.05) is 20.3 Å². The Labute approximate surface area is 388 Å². The zero-order valence-corrected chi connectivity index (χ0v) is 37.3. The van der Waals surface area contributed by atoms with Crippen LogP contribution in [-0.4, -0.2) is 86.8 Å². The van der Waals surface area contributed by atoms with E-state index < -0.39 is 61.4 Å². The number of benzene rings is 6. The van der Waals surface area contributed by atoms with Crippen LogP contribution >= 0.6 is 0 Å². The molecule has 11 heteroatoms. The average molecular weight is 897 g/mol. The van der Waals surface area contributed by atoms with Crippen LogP contribution in [0.4, 0.5) is 0 Å². The topological polar surface area (TPSA) is 113 Å². The highest BCUT2D eigenvalue weighted by Crippen LogP contribution is 2.35. The Kier molecular flexibility index (Phi) is 18.0. The van der Waals surface area contributed by atoms with Gasteiger partial charge in [-0.2, -0.15) is 0 Å². The van der Waals surface area contributed by atoms with Gasteiger partial charge in [-0.1, -0.05) is 182 Å². The third-order valence-electron chi connectivity index (χ3n) is 11.7. The Morgan fingerprint density at radius 2 is 0.667 bits per heavy atom. The van der Waals surface area contributed by atoms with E-state index in [1.165, 1.54) is 0 Å². The van der Waals surface area contributed by atoms with Crippen molar-refractivity contribution in [3.05, 3.63) is 215 Å². The summed E-state index contributed by atoms with van der Waals surface area (Å²) in [7, 11) is 1.56. The zero-order valence-electron chi connectivity index (χ0n) is 37.3. The van der Waals surface area contributed by atoms with Crippen molar-refractivity contribution in [3.63, 3.8) is 0 Å². The number of aliphatic hydroxyl groups excluding tert-OH is 1. The Hall–Kier alpha value is -5.12. The molecule has 0 aliphatic carbocycles. The molecule has 8 rings (SSSR count). The number of ether oxygens (including phenoxy) is 10. The van der Waals surface area contributed by atoms with Gasteiger partial charge in [0.1, 0.15) is 48.8 Å². The maximum Gasteiger partial charge on any atom is 0.187 e. The molecule has 2 saturated heterocycles. The van der Waals surface area contributed by atoms with E-state index in [4.69, 9.17) is 47.4 Å². The molecule has 10 atom stereocenters. The van der Waals surface area contributed by atoms with Gasteiger partial charge in [0.15, 0.2) is 12.6 Å². The van der Waals surface area contributed by atoms with E-state index in [1.54, 1.807) is 7.11 Å². The van der Waals surface area contributed by atoms with Gasteiger partial charge in [-0.25, -0.2) is 0 Å². The first-order chi connectivity index (χ1) is 32.6. The number of methoxy groups -OCH3 is 1. The molecule has 346 valence electrons. The minimum absolute atomic E-state index is 0.110. The fraction of sp³-hybridized carbons (Fsp3) is 0.345. The molecule has 2 fully saturated rings. The molecule has 0 amide bonds. The summed E-state index contributed by atoms with van der Waals surface area (Å²) < 4.78 is 66.3. The number of hydrogen-bond acceptors (Lipinski definition) is 11. The van der Waals surface area contributed by atoms with Gasteiger partial charge >= 0.3 is 0 Å². The molecule has 6 aromatic rings. The summed E-state index contributed by atoms with van der Waals surface area (Å²) in [4.78, 5) is 0. The normalized spacial score (nSPS) is 25.4. The molecule has 66 heavy (non-hydrogen) atoms. The molecular weight excluding hydrogens is 837 g/mol. The fourth-order valence-electron chi connectivity index (χ4n) is 8.23. The molecule has 0 radical (unpaired) electrons.